The number of methoxy groups -OCH3 is 1. The van der Waals surface area contributed by atoms with Crippen LogP contribution in [0.25, 0.3) is 15.6 Å². The summed E-state index contributed by atoms with van der Waals surface area (Å²) in [5, 5.41) is 3.92. The van der Waals surface area contributed by atoms with Crippen LogP contribution in [-0.4, -0.2) is 33.5 Å². The summed E-state index contributed by atoms with van der Waals surface area (Å²) in [7, 11) is 1.31. The van der Waals surface area contributed by atoms with Crippen LogP contribution in [0.3, 0.4) is 0 Å². The highest BCUT2D eigenvalue weighted by atomic mass is 32.1. The Bertz CT molecular complexity index is 1200. The van der Waals surface area contributed by atoms with E-state index in [0.29, 0.717) is 21.3 Å². The van der Waals surface area contributed by atoms with Crippen molar-refractivity contribution in [1.29, 1.82) is 0 Å². The first-order valence-electron chi connectivity index (χ1n) is 9.69. The zero-order valence-electron chi connectivity index (χ0n) is 17.0. The van der Waals surface area contributed by atoms with Crippen molar-refractivity contribution in [3.8, 4) is 15.6 Å². The molecule has 0 saturated carbocycles. The smallest absolute Gasteiger partial charge is 0.358 e. The molecule has 7 nitrogen and oxygen atoms in total. The summed E-state index contributed by atoms with van der Waals surface area (Å²) in [6, 6.07) is 13.3. The maximum Gasteiger partial charge on any atom is 0.358 e. The number of aromatic nitrogens is 3. The topological polar surface area (TPSA) is 86.1 Å². The number of carbonyl (C=O) groups excluding carboxylic acids is 2. The minimum absolute atomic E-state index is 0.181. The molecule has 1 amide bonds. The standard InChI is InChI=1S/C22H20N4O3S2/c1-3-9-15-18(31-22(23-15)26-12-7-8-13-26)19(27)25-21-24-16(20(28)29-2)17(30-21)14-10-5-4-6-11-14/h4-8,10-13H,3,9H2,1-2H3,(H,24,25,27). The van der Waals surface area contributed by atoms with E-state index in [0.717, 1.165) is 22.8 Å². The average molecular weight is 453 g/mol. The van der Waals surface area contributed by atoms with Crippen LogP contribution in [0.15, 0.2) is 54.9 Å². The summed E-state index contributed by atoms with van der Waals surface area (Å²) >= 11 is 2.57. The molecule has 0 fully saturated rings. The van der Waals surface area contributed by atoms with Gasteiger partial charge >= 0.3 is 5.97 Å². The zero-order chi connectivity index (χ0) is 21.8. The summed E-state index contributed by atoms with van der Waals surface area (Å²) in [5.41, 5.74) is 1.77. The summed E-state index contributed by atoms with van der Waals surface area (Å²) in [5.74, 6) is -0.834. The number of thiazole rings is 2. The van der Waals surface area contributed by atoms with Crippen LogP contribution in [0.4, 0.5) is 5.13 Å². The fourth-order valence-electron chi connectivity index (χ4n) is 3.04. The van der Waals surface area contributed by atoms with Crippen molar-refractivity contribution in [2.24, 2.45) is 0 Å². The number of esters is 1. The predicted octanol–water partition coefficient (Wildman–Crippen LogP) is 5.05. The number of amides is 1. The Morgan fingerprint density at radius 3 is 2.48 bits per heavy atom. The molecular formula is C22H20N4O3S2. The molecule has 4 rings (SSSR count). The average Bonchev–Trinajstić information content (AvgIpc) is 3.53. The SMILES string of the molecule is CCCc1nc(-n2cccc2)sc1C(=O)Nc1nc(C(=O)OC)c(-c2ccccc2)s1. The Hall–Kier alpha value is -3.30. The molecule has 0 saturated heterocycles. The molecule has 3 heterocycles. The Kier molecular flexibility index (Phi) is 6.24. The van der Waals surface area contributed by atoms with Gasteiger partial charge in [0.05, 0.1) is 17.7 Å². The monoisotopic (exact) mass is 452 g/mol. The first kappa shape index (κ1) is 21.0. The molecule has 31 heavy (non-hydrogen) atoms. The molecule has 0 bridgehead atoms. The number of aryl methyl sites for hydroxylation is 1. The van der Waals surface area contributed by atoms with E-state index in [4.69, 9.17) is 4.74 Å². The second-order valence-corrected chi connectivity index (χ2v) is 8.60. The number of carbonyl (C=O) groups is 2. The lowest BCUT2D eigenvalue weighted by Crippen LogP contribution is -2.13. The molecule has 0 atom stereocenters. The van der Waals surface area contributed by atoms with Gasteiger partial charge in [0, 0.05) is 12.4 Å². The number of nitrogens with zero attached hydrogens (tertiary/aromatic N) is 3. The van der Waals surface area contributed by atoms with E-state index in [1.807, 2.05) is 66.3 Å². The first-order valence-corrected chi connectivity index (χ1v) is 11.3. The van der Waals surface area contributed by atoms with Gasteiger partial charge in [0.2, 0.25) is 0 Å². The van der Waals surface area contributed by atoms with Crippen LogP contribution in [-0.2, 0) is 11.2 Å². The molecule has 158 valence electrons. The van der Waals surface area contributed by atoms with Crippen molar-refractivity contribution >= 4 is 39.7 Å². The molecule has 0 aliphatic heterocycles. The third-order valence-electron chi connectivity index (χ3n) is 4.47. The van der Waals surface area contributed by atoms with Gasteiger partial charge in [-0.1, -0.05) is 66.3 Å². The Morgan fingerprint density at radius 2 is 1.81 bits per heavy atom. The largest absolute Gasteiger partial charge is 0.464 e. The fourth-order valence-corrected chi connectivity index (χ4v) is 4.97. The van der Waals surface area contributed by atoms with E-state index < -0.39 is 5.97 Å². The van der Waals surface area contributed by atoms with Gasteiger partial charge < -0.3 is 9.30 Å². The molecule has 0 spiro atoms. The molecule has 0 aliphatic carbocycles. The normalized spacial score (nSPS) is 10.8. The number of nitrogens with one attached hydrogen (secondary N) is 1. The van der Waals surface area contributed by atoms with Crippen LogP contribution < -0.4 is 5.32 Å². The van der Waals surface area contributed by atoms with Crippen molar-refractivity contribution in [2.75, 3.05) is 12.4 Å². The van der Waals surface area contributed by atoms with Crippen LogP contribution >= 0.6 is 22.7 Å². The van der Waals surface area contributed by atoms with E-state index >= 15 is 0 Å². The number of rotatable bonds is 7. The van der Waals surface area contributed by atoms with Crippen molar-refractivity contribution in [3.63, 3.8) is 0 Å². The molecule has 3 aromatic heterocycles. The van der Waals surface area contributed by atoms with Crippen molar-refractivity contribution in [2.45, 2.75) is 19.8 Å². The first-order chi connectivity index (χ1) is 15.1. The summed E-state index contributed by atoms with van der Waals surface area (Å²) < 4.78 is 6.76. The van der Waals surface area contributed by atoms with Gasteiger partial charge in [-0.3, -0.25) is 10.1 Å². The highest BCUT2D eigenvalue weighted by Gasteiger charge is 2.23. The van der Waals surface area contributed by atoms with E-state index in [9.17, 15) is 9.59 Å². The lowest BCUT2D eigenvalue weighted by molar-refractivity contribution is 0.0595. The Labute approximate surface area is 187 Å². The van der Waals surface area contributed by atoms with Gasteiger partial charge in [0.15, 0.2) is 16.0 Å². The maximum absolute atomic E-state index is 13.1. The lowest BCUT2D eigenvalue weighted by atomic mass is 10.1. The van der Waals surface area contributed by atoms with E-state index in [1.165, 1.54) is 29.8 Å². The summed E-state index contributed by atoms with van der Waals surface area (Å²) in [6.07, 6.45) is 5.36. The minimum atomic E-state index is -0.546. The Morgan fingerprint density at radius 1 is 1.06 bits per heavy atom. The van der Waals surface area contributed by atoms with E-state index in [-0.39, 0.29) is 11.6 Å². The molecule has 4 aromatic rings. The molecule has 1 N–H and O–H groups in total. The third-order valence-corrected chi connectivity index (χ3v) is 6.60. The molecule has 1 aromatic carbocycles. The molecular weight excluding hydrogens is 432 g/mol. The summed E-state index contributed by atoms with van der Waals surface area (Å²) in [4.78, 5) is 35.5. The molecule has 0 unspecified atom stereocenters. The highest BCUT2D eigenvalue weighted by Crippen LogP contribution is 2.34. The van der Waals surface area contributed by atoms with Gasteiger partial charge in [-0.15, -0.1) is 0 Å². The van der Waals surface area contributed by atoms with E-state index in [2.05, 4.69) is 15.3 Å². The number of hydrogen-bond acceptors (Lipinski definition) is 7. The van der Waals surface area contributed by atoms with Gasteiger partial charge in [-0.2, -0.15) is 0 Å². The summed E-state index contributed by atoms with van der Waals surface area (Å²) in [6.45, 7) is 2.05. The Balaban J connectivity index is 1.66. The quantitative estimate of drug-likeness (QED) is 0.397. The maximum atomic E-state index is 13.1. The number of ether oxygens (including phenoxy) is 1. The zero-order valence-corrected chi connectivity index (χ0v) is 18.6. The number of benzene rings is 1. The fraction of sp³-hybridized carbons (Fsp3) is 0.182. The second kappa shape index (κ2) is 9.23. The van der Waals surface area contributed by atoms with Crippen LogP contribution in [0.2, 0.25) is 0 Å². The van der Waals surface area contributed by atoms with Crippen LogP contribution in [0.1, 0.15) is 39.2 Å². The van der Waals surface area contributed by atoms with Crippen molar-refractivity contribution < 1.29 is 14.3 Å². The van der Waals surface area contributed by atoms with Gasteiger partial charge in [0.25, 0.3) is 5.91 Å². The minimum Gasteiger partial charge on any atom is -0.464 e. The second-order valence-electron chi connectivity index (χ2n) is 6.62. The van der Waals surface area contributed by atoms with Crippen LogP contribution in [0, 0.1) is 0 Å². The van der Waals surface area contributed by atoms with Gasteiger partial charge in [0.1, 0.15) is 4.88 Å². The lowest BCUT2D eigenvalue weighted by Gasteiger charge is -2.01. The number of anilines is 1. The van der Waals surface area contributed by atoms with E-state index in [1.54, 1.807) is 0 Å². The third kappa shape index (κ3) is 4.42. The van der Waals surface area contributed by atoms with Crippen LogP contribution in [0.5, 0.6) is 0 Å². The molecule has 0 aliphatic rings. The number of hydrogen-bond donors (Lipinski definition) is 1. The van der Waals surface area contributed by atoms with Crippen molar-refractivity contribution in [3.05, 3.63) is 71.1 Å². The molecule has 0 radical (unpaired) electrons. The highest BCUT2D eigenvalue weighted by molar-refractivity contribution is 7.19. The molecule has 9 heteroatoms. The van der Waals surface area contributed by atoms with Crippen molar-refractivity contribution in [1.82, 2.24) is 14.5 Å². The van der Waals surface area contributed by atoms with Gasteiger partial charge in [-0.05, 0) is 24.1 Å². The predicted molar refractivity (Wildman–Crippen MR) is 122 cm³/mol. The van der Waals surface area contributed by atoms with Gasteiger partial charge in [-0.25, -0.2) is 14.8 Å².